The summed E-state index contributed by atoms with van der Waals surface area (Å²) >= 11 is 0.0761. The molecule has 3 aromatic rings. The smallest absolute Gasteiger partial charge is 0.0625 e. The summed E-state index contributed by atoms with van der Waals surface area (Å²) in [6.07, 6.45) is 5.52. The molecule has 0 aromatic heterocycles. The third-order valence-electron chi connectivity index (χ3n) is 6.88. The maximum absolute atomic E-state index is 2.52. The first-order valence-electron chi connectivity index (χ1n) is 15.0. The summed E-state index contributed by atoms with van der Waals surface area (Å²) in [7, 11) is 0. The zero-order valence-corrected chi connectivity index (χ0v) is 27.8. The second kappa shape index (κ2) is 14.5. The van der Waals surface area contributed by atoms with E-state index < -0.39 is 0 Å². The summed E-state index contributed by atoms with van der Waals surface area (Å²) in [5.74, 6) is 2.04. The van der Waals surface area contributed by atoms with Gasteiger partial charge in [-0.25, -0.2) is 0 Å². The van der Waals surface area contributed by atoms with Crippen LogP contribution in [0.4, 0.5) is 0 Å². The molecular formula is C37H52Ge. The van der Waals surface area contributed by atoms with Gasteiger partial charge in [-0.2, -0.15) is 0 Å². The van der Waals surface area contributed by atoms with Gasteiger partial charge in [-0.3, -0.25) is 0 Å². The predicted octanol–water partition coefficient (Wildman–Crippen LogP) is 9.80. The van der Waals surface area contributed by atoms with Gasteiger partial charge in [-0.05, 0) is 19.3 Å². The van der Waals surface area contributed by atoms with E-state index in [1.54, 1.807) is 5.56 Å². The minimum absolute atomic E-state index is 0.0761. The fraction of sp³-hybridized carbons (Fsp3) is 0.514. The Morgan fingerprint density at radius 3 is 1.18 bits per heavy atom. The summed E-state index contributed by atoms with van der Waals surface area (Å²) < 4.78 is 0.866. The molecule has 1 heteroatoms. The van der Waals surface area contributed by atoms with Gasteiger partial charge >= 0.3 is 203 Å². The molecule has 0 amide bonds. The van der Waals surface area contributed by atoms with E-state index in [1.165, 1.54) is 56.2 Å². The van der Waals surface area contributed by atoms with E-state index in [0.29, 0.717) is 17.8 Å². The van der Waals surface area contributed by atoms with Gasteiger partial charge in [0.2, 0.25) is 0 Å². The molecule has 0 atom stereocenters. The molecule has 0 aliphatic rings. The normalized spacial score (nSPS) is 11.9. The van der Waals surface area contributed by atoms with Crippen molar-refractivity contribution in [1.82, 2.24) is 0 Å². The Hall–Kier alpha value is -1.80. The third-order valence-corrected chi connectivity index (χ3v) is 9.88. The number of hydrogen-bond donors (Lipinski definition) is 0. The monoisotopic (exact) mass is 570 g/mol. The molecule has 0 spiro atoms. The van der Waals surface area contributed by atoms with Gasteiger partial charge in [0.15, 0.2) is 0 Å². The maximum atomic E-state index is 2.52. The van der Waals surface area contributed by atoms with Gasteiger partial charge in [0.05, 0.1) is 0 Å². The third kappa shape index (κ3) is 10.8. The van der Waals surface area contributed by atoms with E-state index >= 15 is 0 Å². The molecule has 0 saturated carbocycles. The first-order chi connectivity index (χ1) is 17.9. The van der Waals surface area contributed by atoms with E-state index in [0.717, 1.165) is 30.4 Å². The first kappa shape index (κ1) is 30.7. The summed E-state index contributed by atoms with van der Waals surface area (Å²) in [5.41, 5.74) is 13.3. The van der Waals surface area contributed by atoms with Crippen LogP contribution >= 0.6 is 0 Å². The summed E-state index contributed by atoms with van der Waals surface area (Å²) in [5, 5.41) is 1.31. The topological polar surface area (TPSA) is 0 Å². The van der Waals surface area contributed by atoms with Gasteiger partial charge in [-0.15, -0.1) is 0 Å². The van der Waals surface area contributed by atoms with Gasteiger partial charge in [-0.1, -0.05) is 19.9 Å². The summed E-state index contributed by atoms with van der Waals surface area (Å²) in [4.78, 5) is 0. The molecule has 0 heterocycles. The zero-order valence-electron chi connectivity index (χ0n) is 25.7. The fourth-order valence-electron chi connectivity index (χ4n) is 5.70. The Morgan fingerprint density at radius 1 is 0.447 bits per heavy atom. The number of hydrogen-bond acceptors (Lipinski definition) is 0. The zero-order chi connectivity index (χ0) is 27.8. The molecule has 0 aliphatic heterocycles. The van der Waals surface area contributed by atoms with Crippen LogP contribution in [0.1, 0.15) is 105 Å². The Morgan fingerprint density at radius 2 is 0.763 bits per heavy atom. The van der Waals surface area contributed by atoms with E-state index in [-0.39, 0.29) is 15.4 Å². The molecule has 3 rings (SSSR count). The summed E-state index contributed by atoms with van der Waals surface area (Å²) in [6, 6.07) is 22.2. The average molecular weight is 569 g/mol. The quantitative estimate of drug-likeness (QED) is 0.180. The molecule has 3 aromatic carbocycles. The number of rotatable bonds is 13. The number of aryl methyl sites for hydroxylation is 1. The van der Waals surface area contributed by atoms with Crippen LogP contribution in [-0.2, 0) is 37.4 Å². The van der Waals surface area contributed by atoms with Gasteiger partial charge < -0.3 is 0 Å². The molecule has 0 saturated heterocycles. The van der Waals surface area contributed by atoms with Crippen molar-refractivity contribution in [3.63, 3.8) is 0 Å². The molecule has 38 heavy (non-hydrogen) atoms. The van der Waals surface area contributed by atoms with Gasteiger partial charge in [0, 0.05) is 0 Å². The predicted molar refractivity (Wildman–Crippen MR) is 170 cm³/mol. The second-order valence-electron chi connectivity index (χ2n) is 13.3. The molecule has 0 fully saturated rings. The van der Waals surface area contributed by atoms with Crippen LogP contribution in [0.3, 0.4) is 0 Å². The average Bonchev–Trinajstić information content (AvgIpc) is 2.75. The molecule has 0 nitrogen and oxygen atoms in total. The molecular weight excluding hydrogens is 517 g/mol. The van der Waals surface area contributed by atoms with Gasteiger partial charge in [0.1, 0.15) is 0 Å². The Bertz CT molecular complexity index is 1170. The van der Waals surface area contributed by atoms with Crippen LogP contribution in [-0.4, -0.2) is 15.4 Å². The van der Waals surface area contributed by atoms with Crippen LogP contribution in [0.5, 0.6) is 0 Å². The van der Waals surface area contributed by atoms with Gasteiger partial charge in [0.25, 0.3) is 0 Å². The molecule has 204 valence electrons. The minimum atomic E-state index is 0.0761. The van der Waals surface area contributed by atoms with Crippen LogP contribution in [0, 0.1) is 24.7 Å². The fourth-order valence-corrected chi connectivity index (χ4v) is 7.48. The minimum Gasteiger partial charge on any atom is -0.0625 e. The second-order valence-corrected chi connectivity index (χ2v) is 17.3. The number of benzene rings is 3. The Balaban J connectivity index is 1.93. The van der Waals surface area contributed by atoms with E-state index in [1.807, 2.05) is 0 Å². The van der Waals surface area contributed by atoms with E-state index in [9.17, 15) is 0 Å². The van der Waals surface area contributed by atoms with Crippen molar-refractivity contribution in [2.45, 2.75) is 104 Å². The molecule has 0 N–H and O–H groups in total. The SMILES string of the molecule is Cc1cc(Cc2cc(Cc3cc([CH2][Ge][CH](C)C)cc(CC(C)C)c3)cc(CC(C)C)c2)cc(CC(C)C)c1. The Kier molecular flexibility index (Phi) is 11.8. The van der Waals surface area contributed by atoms with Crippen molar-refractivity contribution >= 4 is 15.4 Å². The summed E-state index contributed by atoms with van der Waals surface area (Å²) in [6.45, 7) is 21.0. The Labute approximate surface area is 241 Å². The van der Waals surface area contributed by atoms with Crippen molar-refractivity contribution in [1.29, 1.82) is 0 Å². The first-order valence-corrected chi connectivity index (χ1v) is 17.7. The van der Waals surface area contributed by atoms with Crippen molar-refractivity contribution in [3.05, 3.63) is 105 Å². The van der Waals surface area contributed by atoms with Crippen LogP contribution < -0.4 is 0 Å². The van der Waals surface area contributed by atoms with Crippen LogP contribution in [0.15, 0.2) is 54.6 Å². The van der Waals surface area contributed by atoms with Crippen molar-refractivity contribution in [2.75, 3.05) is 0 Å². The molecule has 0 aliphatic carbocycles. The molecule has 2 radical (unpaired) electrons. The van der Waals surface area contributed by atoms with Crippen molar-refractivity contribution in [2.24, 2.45) is 17.8 Å². The van der Waals surface area contributed by atoms with Crippen LogP contribution in [0.25, 0.3) is 0 Å². The molecule has 0 bridgehead atoms. The standard InChI is InChI=1S/C37H52Ge/c1-25(2)10-30-13-29(9)14-33(15-30)19-34-16-31(11-26(3)4)17-35(20-34)21-36-18-32(12-27(5)6)22-37(23-36)24-38-28(7)8/h13-18,20,22-23,25-28H,10-12,19,21,24H2,1-9H3. The van der Waals surface area contributed by atoms with E-state index in [4.69, 9.17) is 0 Å². The van der Waals surface area contributed by atoms with Crippen molar-refractivity contribution < 1.29 is 0 Å². The van der Waals surface area contributed by atoms with E-state index in [2.05, 4.69) is 117 Å². The van der Waals surface area contributed by atoms with Crippen molar-refractivity contribution in [3.8, 4) is 0 Å². The molecule has 0 unspecified atom stereocenters. The van der Waals surface area contributed by atoms with Crippen LogP contribution in [0.2, 0.25) is 4.75 Å².